The predicted octanol–water partition coefficient (Wildman–Crippen LogP) is 3.02. The smallest absolute Gasteiger partial charge is 0.342 e. The van der Waals surface area contributed by atoms with E-state index in [0.717, 1.165) is 0 Å². The summed E-state index contributed by atoms with van der Waals surface area (Å²) >= 11 is 5.91. The normalized spacial score (nSPS) is 11.4. The van der Waals surface area contributed by atoms with Crippen LogP contribution < -0.4 is 15.8 Å². The van der Waals surface area contributed by atoms with Gasteiger partial charge in [0.15, 0.2) is 6.10 Å². The first kappa shape index (κ1) is 20.0. The fraction of sp³-hybridized carbons (Fsp3) is 0.176. The number of nitrogens with one attached hydrogen (secondary N) is 1. The van der Waals surface area contributed by atoms with Gasteiger partial charge in [-0.15, -0.1) is 0 Å². The molecule has 0 heterocycles. The van der Waals surface area contributed by atoms with Gasteiger partial charge in [0.1, 0.15) is 17.0 Å². The highest BCUT2D eigenvalue weighted by Gasteiger charge is 2.24. The summed E-state index contributed by atoms with van der Waals surface area (Å²) < 4.78 is 10.2. The number of ether oxygens (including phenoxy) is 2. The number of benzene rings is 2. The van der Waals surface area contributed by atoms with E-state index in [4.69, 9.17) is 26.8 Å². The average molecular weight is 394 g/mol. The van der Waals surface area contributed by atoms with Crippen LogP contribution in [0.2, 0.25) is 5.02 Å². The molecule has 10 heteroatoms. The Labute approximate surface area is 159 Å². The average Bonchev–Trinajstić information content (AvgIpc) is 2.63. The molecule has 142 valence electrons. The van der Waals surface area contributed by atoms with Gasteiger partial charge in [0.05, 0.1) is 22.7 Å². The van der Waals surface area contributed by atoms with Gasteiger partial charge in [-0.3, -0.25) is 14.9 Å². The lowest BCUT2D eigenvalue weighted by atomic mass is 10.2. The number of nitro groups is 1. The molecule has 0 saturated carbocycles. The number of nitrogens with two attached hydrogens (primary N) is 1. The molecule has 0 spiro atoms. The maximum absolute atomic E-state index is 12.3. The van der Waals surface area contributed by atoms with Crippen LogP contribution >= 0.6 is 11.6 Å². The molecule has 0 unspecified atom stereocenters. The lowest BCUT2D eigenvalue weighted by molar-refractivity contribution is -0.383. The van der Waals surface area contributed by atoms with E-state index in [-0.39, 0.29) is 33.4 Å². The summed E-state index contributed by atoms with van der Waals surface area (Å²) in [6.45, 7) is 1.33. The van der Waals surface area contributed by atoms with Gasteiger partial charge in [0.2, 0.25) is 0 Å². The Morgan fingerprint density at radius 1 is 1.30 bits per heavy atom. The Bertz CT molecular complexity index is 902. The van der Waals surface area contributed by atoms with Gasteiger partial charge in [-0.05, 0) is 19.1 Å². The number of rotatable bonds is 6. The number of amides is 1. The first-order chi connectivity index (χ1) is 12.7. The summed E-state index contributed by atoms with van der Waals surface area (Å²) in [5, 5.41) is 13.5. The molecule has 0 saturated heterocycles. The Morgan fingerprint density at radius 3 is 2.59 bits per heavy atom. The summed E-state index contributed by atoms with van der Waals surface area (Å²) in [6.07, 6.45) is -1.24. The maximum Gasteiger partial charge on any atom is 0.342 e. The second kappa shape index (κ2) is 8.37. The second-order valence-corrected chi connectivity index (χ2v) is 5.79. The summed E-state index contributed by atoms with van der Waals surface area (Å²) in [5.41, 5.74) is 5.57. The molecule has 0 radical (unpaired) electrons. The summed E-state index contributed by atoms with van der Waals surface area (Å²) in [7, 11) is 1.34. The van der Waals surface area contributed by atoms with Gasteiger partial charge >= 0.3 is 5.97 Å². The number of nitro benzene ring substituents is 1. The van der Waals surface area contributed by atoms with Crippen LogP contribution in [-0.4, -0.2) is 30.0 Å². The number of carbonyl (C=O) groups is 2. The highest BCUT2D eigenvalue weighted by Crippen LogP contribution is 2.29. The van der Waals surface area contributed by atoms with Crippen LogP contribution in [0.4, 0.5) is 17.1 Å². The summed E-state index contributed by atoms with van der Waals surface area (Å²) in [5.74, 6) is -1.47. The summed E-state index contributed by atoms with van der Waals surface area (Å²) in [6, 6.07) is 8.23. The molecule has 0 aliphatic rings. The third kappa shape index (κ3) is 4.64. The molecule has 3 N–H and O–H groups in total. The van der Waals surface area contributed by atoms with E-state index in [1.54, 1.807) is 0 Å². The highest BCUT2D eigenvalue weighted by molar-refractivity contribution is 6.33. The Balaban J connectivity index is 2.14. The van der Waals surface area contributed by atoms with Gasteiger partial charge in [-0.1, -0.05) is 23.7 Å². The molecule has 1 atom stereocenters. The number of nitrogens with zero attached hydrogens (tertiary/aromatic N) is 1. The topological polar surface area (TPSA) is 134 Å². The minimum absolute atomic E-state index is 0.0106. The van der Waals surface area contributed by atoms with Gasteiger partial charge in [0, 0.05) is 12.1 Å². The van der Waals surface area contributed by atoms with E-state index >= 15 is 0 Å². The van der Waals surface area contributed by atoms with E-state index in [0.29, 0.717) is 0 Å². The number of carbonyl (C=O) groups excluding carboxylic acids is 2. The molecule has 0 aliphatic carbocycles. The van der Waals surface area contributed by atoms with Crippen LogP contribution in [0.25, 0.3) is 0 Å². The van der Waals surface area contributed by atoms with Gasteiger partial charge in [-0.25, -0.2) is 4.79 Å². The SMILES string of the molecule is COc1cc(N)c(Cl)cc1C(=O)O[C@H](C)C(=O)Nc1ccccc1[N+](=O)[O-]. The van der Waals surface area contributed by atoms with Gasteiger partial charge in [-0.2, -0.15) is 0 Å². The largest absolute Gasteiger partial charge is 0.496 e. The minimum atomic E-state index is -1.24. The number of esters is 1. The van der Waals surface area contributed by atoms with Gasteiger partial charge in [0.25, 0.3) is 11.6 Å². The first-order valence-electron chi connectivity index (χ1n) is 7.62. The maximum atomic E-state index is 12.3. The number of para-hydroxylation sites is 2. The Morgan fingerprint density at radius 2 is 1.96 bits per heavy atom. The van der Waals surface area contributed by atoms with E-state index in [1.165, 1.54) is 50.4 Å². The molecular weight excluding hydrogens is 378 g/mol. The number of hydrogen-bond acceptors (Lipinski definition) is 7. The van der Waals surface area contributed by atoms with Crippen molar-refractivity contribution >= 4 is 40.5 Å². The molecule has 0 aromatic heterocycles. The number of nitrogen functional groups attached to an aromatic ring is 1. The number of anilines is 2. The standard InChI is InChI=1S/C17H16ClN3O6/c1-9(16(22)20-13-5-3-4-6-14(13)21(24)25)27-17(23)10-7-11(18)12(19)8-15(10)26-2/h3-9H,19H2,1-2H3,(H,20,22)/t9-/m1/s1. The molecule has 2 aromatic carbocycles. The molecule has 1 amide bonds. The minimum Gasteiger partial charge on any atom is -0.496 e. The number of halogens is 1. The van der Waals surface area contributed by atoms with Crippen molar-refractivity contribution in [3.8, 4) is 5.75 Å². The van der Waals surface area contributed by atoms with Crippen LogP contribution in [0, 0.1) is 10.1 Å². The predicted molar refractivity (Wildman–Crippen MR) is 99.0 cm³/mol. The highest BCUT2D eigenvalue weighted by atomic mass is 35.5. The zero-order valence-corrected chi connectivity index (χ0v) is 15.1. The van der Waals surface area contributed by atoms with E-state index < -0.39 is 22.9 Å². The zero-order valence-electron chi connectivity index (χ0n) is 14.4. The molecular formula is C17H16ClN3O6. The van der Waals surface area contributed by atoms with Crippen LogP contribution in [0.3, 0.4) is 0 Å². The molecule has 0 fully saturated rings. The lowest BCUT2D eigenvalue weighted by Gasteiger charge is -2.15. The van der Waals surface area contributed by atoms with E-state index in [2.05, 4.69) is 5.32 Å². The third-order valence-electron chi connectivity index (χ3n) is 3.55. The van der Waals surface area contributed by atoms with Crippen molar-refractivity contribution < 1.29 is 24.0 Å². The van der Waals surface area contributed by atoms with Crippen molar-refractivity contribution in [2.45, 2.75) is 13.0 Å². The van der Waals surface area contributed by atoms with Gasteiger partial charge < -0.3 is 20.5 Å². The molecule has 2 aromatic rings. The molecule has 2 rings (SSSR count). The summed E-state index contributed by atoms with van der Waals surface area (Å²) in [4.78, 5) is 34.9. The van der Waals surface area contributed by atoms with Crippen LogP contribution in [0.1, 0.15) is 17.3 Å². The van der Waals surface area contributed by atoms with E-state index in [1.807, 2.05) is 0 Å². The Kier molecular flexibility index (Phi) is 6.19. The van der Waals surface area contributed by atoms with Crippen molar-refractivity contribution in [3.05, 3.63) is 57.1 Å². The molecule has 0 aliphatic heterocycles. The fourth-order valence-electron chi connectivity index (χ4n) is 2.15. The lowest BCUT2D eigenvalue weighted by Crippen LogP contribution is -2.30. The quantitative estimate of drug-likeness (QED) is 0.333. The monoisotopic (exact) mass is 393 g/mol. The fourth-order valence-corrected chi connectivity index (χ4v) is 2.31. The second-order valence-electron chi connectivity index (χ2n) is 5.39. The van der Waals surface area contributed by atoms with Crippen molar-refractivity contribution in [2.24, 2.45) is 0 Å². The molecule has 0 bridgehead atoms. The molecule has 27 heavy (non-hydrogen) atoms. The van der Waals surface area contributed by atoms with Crippen molar-refractivity contribution in [1.82, 2.24) is 0 Å². The third-order valence-corrected chi connectivity index (χ3v) is 3.88. The van der Waals surface area contributed by atoms with Crippen molar-refractivity contribution in [2.75, 3.05) is 18.2 Å². The molecule has 9 nitrogen and oxygen atoms in total. The van der Waals surface area contributed by atoms with E-state index in [9.17, 15) is 19.7 Å². The number of hydrogen-bond donors (Lipinski definition) is 2. The number of methoxy groups -OCH3 is 1. The first-order valence-corrected chi connectivity index (χ1v) is 8.00. The van der Waals surface area contributed by atoms with Crippen molar-refractivity contribution in [3.63, 3.8) is 0 Å². The zero-order chi connectivity index (χ0) is 20.1. The van der Waals surface area contributed by atoms with Crippen LogP contribution in [-0.2, 0) is 9.53 Å². The van der Waals surface area contributed by atoms with Crippen LogP contribution in [0.15, 0.2) is 36.4 Å². The Hall–Kier alpha value is -3.33. The van der Waals surface area contributed by atoms with Crippen molar-refractivity contribution in [1.29, 1.82) is 0 Å². The van der Waals surface area contributed by atoms with Crippen LogP contribution in [0.5, 0.6) is 5.75 Å².